The third-order valence-corrected chi connectivity index (χ3v) is 4.94. The van der Waals surface area contributed by atoms with Gasteiger partial charge in [-0.1, -0.05) is 17.8 Å². The average Bonchev–Trinajstić information content (AvgIpc) is 3.08. The van der Waals surface area contributed by atoms with Gasteiger partial charge in [0, 0.05) is 13.1 Å². The fourth-order valence-corrected chi connectivity index (χ4v) is 3.53. The van der Waals surface area contributed by atoms with Gasteiger partial charge in [0.2, 0.25) is 11.1 Å². The van der Waals surface area contributed by atoms with E-state index in [9.17, 15) is 4.79 Å². The van der Waals surface area contributed by atoms with Crippen LogP contribution in [0.1, 0.15) is 24.8 Å². The maximum Gasteiger partial charge on any atom is 0.233 e. The van der Waals surface area contributed by atoms with E-state index in [4.69, 9.17) is 4.74 Å². The van der Waals surface area contributed by atoms with Gasteiger partial charge in [-0.05, 0) is 54.3 Å². The predicted octanol–water partition coefficient (Wildman–Crippen LogP) is 2.08. The van der Waals surface area contributed by atoms with E-state index < -0.39 is 0 Å². The number of aromatic nitrogens is 4. The summed E-state index contributed by atoms with van der Waals surface area (Å²) < 4.78 is 7.02. The summed E-state index contributed by atoms with van der Waals surface area (Å²) in [7, 11) is 1.62. The van der Waals surface area contributed by atoms with Gasteiger partial charge in [-0.2, -0.15) is 4.68 Å². The van der Waals surface area contributed by atoms with Crippen LogP contribution in [0.25, 0.3) is 5.69 Å². The van der Waals surface area contributed by atoms with Crippen molar-refractivity contribution in [3.63, 3.8) is 0 Å². The molecule has 1 aromatic heterocycles. The molecule has 0 saturated carbocycles. The molecule has 0 radical (unpaired) electrons. The van der Waals surface area contributed by atoms with Crippen LogP contribution in [0.4, 0.5) is 0 Å². The molecule has 2 heterocycles. The number of aryl methyl sites for hydroxylation is 1. The lowest BCUT2D eigenvalue weighted by Crippen LogP contribution is -2.36. The Balaban J connectivity index is 1.74. The lowest BCUT2D eigenvalue weighted by atomic mass is 10.1. The van der Waals surface area contributed by atoms with Gasteiger partial charge >= 0.3 is 0 Å². The number of tetrazole rings is 1. The summed E-state index contributed by atoms with van der Waals surface area (Å²) in [4.78, 5) is 14.2. The molecule has 0 bridgehead atoms. The standard InChI is InChI=1S/C16H21N5O2S/c1-12-6-7-14(23-2)13(10-12)21-16(17-18-19-21)24-11-15(22)20-8-4-3-5-9-20/h6-7,10H,3-5,8-9,11H2,1-2H3. The lowest BCUT2D eigenvalue weighted by Gasteiger charge is -2.26. The number of piperidine rings is 1. The SMILES string of the molecule is COc1ccc(C)cc1-n1nnnc1SCC(=O)N1CCCCC1. The molecule has 1 saturated heterocycles. The highest BCUT2D eigenvalue weighted by molar-refractivity contribution is 7.99. The normalized spacial score (nSPS) is 14.7. The van der Waals surface area contributed by atoms with Crippen LogP contribution >= 0.6 is 11.8 Å². The zero-order valence-electron chi connectivity index (χ0n) is 13.9. The Hall–Kier alpha value is -2.09. The number of amides is 1. The van der Waals surface area contributed by atoms with E-state index in [1.165, 1.54) is 18.2 Å². The number of rotatable bonds is 5. The van der Waals surface area contributed by atoms with Crippen LogP contribution in [0.5, 0.6) is 5.75 Å². The smallest absolute Gasteiger partial charge is 0.233 e. The van der Waals surface area contributed by atoms with Gasteiger partial charge in [-0.15, -0.1) is 5.10 Å². The Morgan fingerprint density at radius 3 is 2.83 bits per heavy atom. The molecule has 0 aliphatic carbocycles. The first-order valence-electron chi connectivity index (χ1n) is 8.03. The van der Waals surface area contributed by atoms with E-state index in [-0.39, 0.29) is 5.91 Å². The maximum absolute atomic E-state index is 12.3. The molecule has 24 heavy (non-hydrogen) atoms. The van der Waals surface area contributed by atoms with E-state index in [0.717, 1.165) is 37.2 Å². The highest BCUT2D eigenvalue weighted by Crippen LogP contribution is 2.27. The van der Waals surface area contributed by atoms with Crippen LogP contribution < -0.4 is 4.74 Å². The molecule has 8 heteroatoms. The highest BCUT2D eigenvalue weighted by atomic mass is 32.2. The minimum atomic E-state index is 0.144. The first-order chi connectivity index (χ1) is 11.7. The molecule has 1 amide bonds. The Labute approximate surface area is 145 Å². The monoisotopic (exact) mass is 347 g/mol. The first kappa shape index (κ1) is 16.8. The van der Waals surface area contributed by atoms with Crippen LogP contribution in [0.2, 0.25) is 0 Å². The summed E-state index contributed by atoms with van der Waals surface area (Å²) >= 11 is 1.36. The van der Waals surface area contributed by atoms with Crippen molar-refractivity contribution in [1.29, 1.82) is 0 Å². The molecule has 0 spiro atoms. The minimum absolute atomic E-state index is 0.144. The van der Waals surface area contributed by atoms with E-state index in [0.29, 0.717) is 16.7 Å². The molecule has 1 aliphatic heterocycles. The van der Waals surface area contributed by atoms with Crippen LogP contribution in [0.15, 0.2) is 23.4 Å². The Morgan fingerprint density at radius 2 is 2.08 bits per heavy atom. The zero-order valence-corrected chi connectivity index (χ0v) is 14.8. The number of ether oxygens (including phenoxy) is 1. The van der Waals surface area contributed by atoms with Gasteiger partial charge in [0.15, 0.2) is 0 Å². The highest BCUT2D eigenvalue weighted by Gasteiger charge is 2.19. The molecule has 3 rings (SSSR count). The fraction of sp³-hybridized carbons (Fsp3) is 0.500. The van der Waals surface area contributed by atoms with Crippen LogP contribution in [-0.2, 0) is 4.79 Å². The van der Waals surface area contributed by atoms with Crippen molar-refractivity contribution >= 4 is 17.7 Å². The first-order valence-corrected chi connectivity index (χ1v) is 9.01. The summed E-state index contributed by atoms with van der Waals surface area (Å²) in [6, 6.07) is 5.82. The number of hydrogen-bond donors (Lipinski definition) is 0. The number of likely N-dealkylation sites (tertiary alicyclic amines) is 1. The van der Waals surface area contributed by atoms with Gasteiger partial charge in [-0.25, -0.2) is 0 Å². The van der Waals surface area contributed by atoms with Crippen molar-refractivity contribution in [2.45, 2.75) is 31.3 Å². The molecule has 1 fully saturated rings. The van der Waals surface area contributed by atoms with Crippen LogP contribution in [-0.4, -0.2) is 57.0 Å². The zero-order chi connectivity index (χ0) is 16.9. The second kappa shape index (κ2) is 7.65. The third kappa shape index (κ3) is 3.69. The summed E-state index contributed by atoms with van der Waals surface area (Å²) in [6.45, 7) is 3.71. The maximum atomic E-state index is 12.3. The second-order valence-electron chi connectivity index (χ2n) is 5.78. The van der Waals surface area contributed by atoms with Crippen LogP contribution in [0, 0.1) is 6.92 Å². The Bertz CT molecular complexity index is 712. The second-order valence-corrected chi connectivity index (χ2v) is 6.72. The molecule has 2 aromatic rings. The molecule has 128 valence electrons. The number of thioether (sulfide) groups is 1. The number of carbonyl (C=O) groups is 1. The third-order valence-electron chi connectivity index (χ3n) is 4.04. The summed E-state index contributed by atoms with van der Waals surface area (Å²) in [5.41, 5.74) is 1.86. The van der Waals surface area contributed by atoms with Gasteiger partial charge in [0.05, 0.1) is 12.9 Å². The average molecular weight is 347 g/mol. The number of hydrogen-bond acceptors (Lipinski definition) is 6. The number of carbonyl (C=O) groups excluding carboxylic acids is 1. The van der Waals surface area contributed by atoms with Crippen molar-refractivity contribution in [3.05, 3.63) is 23.8 Å². The van der Waals surface area contributed by atoms with Gasteiger partial charge < -0.3 is 9.64 Å². The minimum Gasteiger partial charge on any atom is -0.494 e. The van der Waals surface area contributed by atoms with Crippen molar-refractivity contribution in [2.24, 2.45) is 0 Å². The lowest BCUT2D eigenvalue weighted by molar-refractivity contribution is -0.129. The summed E-state index contributed by atoms with van der Waals surface area (Å²) in [5.74, 6) is 1.18. The quantitative estimate of drug-likeness (QED) is 0.771. The number of benzene rings is 1. The van der Waals surface area contributed by atoms with E-state index in [1.807, 2.05) is 30.0 Å². The summed E-state index contributed by atoms with van der Waals surface area (Å²) in [5, 5.41) is 12.5. The Kier molecular flexibility index (Phi) is 5.34. The molecule has 0 N–H and O–H groups in total. The van der Waals surface area contributed by atoms with Crippen LogP contribution in [0.3, 0.4) is 0 Å². The summed E-state index contributed by atoms with van der Waals surface area (Å²) in [6.07, 6.45) is 3.39. The van der Waals surface area contributed by atoms with E-state index in [1.54, 1.807) is 11.8 Å². The van der Waals surface area contributed by atoms with Gasteiger partial charge in [0.25, 0.3) is 0 Å². The molecule has 1 aromatic carbocycles. The van der Waals surface area contributed by atoms with E-state index >= 15 is 0 Å². The largest absolute Gasteiger partial charge is 0.494 e. The van der Waals surface area contributed by atoms with Gasteiger partial charge in [-0.3, -0.25) is 4.79 Å². The molecule has 7 nitrogen and oxygen atoms in total. The molecule has 0 unspecified atom stereocenters. The van der Waals surface area contributed by atoms with Crippen molar-refractivity contribution < 1.29 is 9.53 Å². The van der Waals surface area contributed by atoms with Crippen molar-refractivity contribution in [3.8, 4) is 11.4 Å². The van der Waals surface area contributed by atoms with Crippen molar-refractivity contribution in [1.82, 2.24) is 25.1 Å². The topological polar surface area (TPSA) is 73.1 Å². The fourth-order valence-electron chi connectivity index (χ4n) is 2.75. The van der Waals surface area contributed by atoms with E-state index in [2.05, 4.69) is 15.5 Å². The van der Waals surface area contributed by atoms with Crippen molar-refractivity contribution in [2.75, 3.05) is 26.0 Å². The predicted molar refractivity (Wildman–Crippen MR) is 91.6 cm³/mol. The molecular weight excluding hydrogens is 326 g/mol. The molecule has 1 aliphatic rings. The number of nitrogens with zero attached hydrogens (tertiary/aromatic N) is 5. The number of methoxy groups -OCH3 is 1. The van der Waals surface area contributed by atoms with Gasteiger partial charge in [0.1, 0.15) is 11.4 Å². The molecular formula is C16H21N5O2S. The molecule has 0 atom stereocenters. The Morgan fingerprint density at radius 1 is 1.29 bits per heavy atom.